The molecule has 3 nitrogen and oxygen atoms in total. The molecule has 3 heteroatoms. The van der Waals surface area contributed by atoms with Crippen LogP contribution in [0.2, 0.25) is 0 Å². The Bertz CT molecular complexity index is 255. The molecular weight excluding hydrogens is 200 g/mol. The van der Waals surface area contributed by atoms with Gasteiger partial charge < -0.3 is 11.1 Å². The van der Waals surface area contributed by atoms with Crippen molar-refractivity contribution >= 4 is 5.91 Å². The normalized spacial score (nSPS) is 25.4. The summed E-state index contributed by atoms with van der Waals surface area (Å²) < 4.78 is 0. The highest BCUT2D eigenvalue weighted by Crippen LogP contribution is 2.41. The van der Waals surface area contributed by atoms with Crippen molar-refractivity contribution in [1.82, 2.24) is 5.32 Å². The zero-order valence-corrected chi connectivity index (χ0v) is 10.3. The molecule has 1 unspecified atom stereocenters. The van der Waals surface area contributed by atoms with E-state index in [0.29, 0.717) is 12.5 Å². The Kier molecular flexibility index (Phi) is 3.53. The zero-order chi connectivity index (χ0) is 11.6. The zero-order valence-electron chi connectivity index (χ0n) is 10.3. The molecule has 1 atom stereocenters. The van der Waals surface area contributed by atoms with Crippen LogP contribution in [0.5, 0.6) is 0 Å². The molecule has 0 radical (unpaired) electrons. The van der Waals surface area contributed by atoms with Gasteiger partial charge in [0, 0.05) is 18.0 Å². The molecule has 2 saturated carbocycles. The highest BCUT2D eigenvalue weighted by molar-refractivity contribution is 5.83. The molecule has 2 fully saturated rings. The van der Waals surface area contributed by atoms with Crippen LogP contribution >= 0.6 is 0 Å². The summed E-state index contributed by atoms with van der Waals surface area (Å²) in [5.41, 5.74) is 5.66. The number of amides is 1. The van der Waals surface area contributed by atoms with E-state index in [1.54, 1.807) is 0 Å². The third-order valence-corrected chi connectivity index (χ3v) is 4.48. The fraction of sp³-hybridized carbons (Fsp3) is 0.923. The van der Waals surface area contributed by atoms with Gasteiger partial charge in [-0.15, -0.1) is 0 Å². The predicted octanol–water partition coefficient (Wildman–Crippen LogP) is 1.81. The van der Waals surface area contributed by atoms with Crippen molar-refractivity contribution in [2.24, 2.45) is 17.1 Å². The van der Waals surface area contributed by atoms with Gasteiger partial charge in [-0.25, -0.2) is 0 Å². The van der Waals surface area contributed by atoms with Gasteiger partial charge in [-0.1, -0.05) is 19.8 Å². The monoisotopic (exact) mass is 224 g/mol. The Morgan fingerprint density at radius 3 is 2.50 bits per heavy atom. The lowest BCUT2D eigenvalue weighted by atomic mass is 9.82. The minimum absolute atomic E-state index is 0.0672. The Morgan fingerprint density at radius 1 is 1.44 bits per heavy atom. The van der Waals surface area contributed by atoms with Gasteiger partial charge in [0.05, 0.1) is 0 Å². The molecule has 0 saturated heterocycles. The molecule has 92 valence electrons. The predicted molar refractivity (Wildman–Crippen MR) is 64.9 cm³/mol. The summed E-state index contributed by atoms with van der Waals surface area (Å²) in [6, 6.07) is 0.233. The van der Waals surface area contributed by atoms with Crippen LogP contribution < -0.4 is 11.1 Å². The van der Waals surface area contributed by atoms with Crippen LogP contribution in [0.3, 0.4) is 0 Å². The molecule has 3 N–H and O–H groups in total. The van der Waals surface area contributed by atoms with Crippen molar-refractivity contribution in [3.63, 3.8) is 0 Å². The minimum atomic E-state index is -0.0672. The maximum atomic E-state index is 12.3. The van der Waals surface area contributed by atoms with E-state index in [2.05, 4.69) is 12.2 Å². The fourth-order valence-corrected chi connectivity index (χ4v) is 2.98. The largest absolute Gasteiger partial charge is 0.351 e. The highest BCUT2D eigenvalue weighted by Gasteiger charge is 2.41. The van der Waals surface area contributed by atoms with Gasteiger partial charge in [0.1, 0.15) is 0 Å². The van der Waals surface area contributed by atoms with Crippen LogP contribution in [0.15, 0.2) is 0 Å². The second kappa shape index (κ2) is 4.74. The number of hydrogen-bond donors (Lipinski definition) is 2. The topological polar surface area (TPSA) is 55.1 Å². The molecule has 0 aliphatic heterocycles. The summed E-state index contributed by atoms with van der Waals surface area (Å²) in [6.45, 7) is 2.73. The molecule has 2 rings (SSSR count). The van der Waals surface area contributed by atoms with E-state index in [1.165, 1.54) is 25.7 Å². The molecule has 1 amide bonds. The molecule has 0 spiro atoms. The SMILES string of the molecule is CCC1(C(=O)NC(CN)C2CC2)CCCC1. The maximum Gasteiger partial charge on any atom is 0.226 e. The first kappa shape index (κ1) is 11.9. The van der Waals surface area contributed by atoms with Crippen molar-refractivity contribution in [3.8, 4) is 0 Å². The Hall–Kier alpha value is -0.570. The average molecular weight is 224 g/mol. The van der Waals surface area contributed by atoms with Crippen LogP contribution in [0.25, 0.3) is 0 Å². The third kappa shape index (κ3) is 2.24. The van der Waals surface area contributed by atoms with E-state index in [4.69, 9.17) is 5.73 Å². The molecule has 0 aromatic heterocycles. The van der Waals surface area contributed by atoms with Gasteiger partial charge in [-0.3, -0.25) is 4.79 Å². The van der Waals surface area contributed by atoms with Gasteiger partial charge in [0.25, 0.3) is 0 Å². The number of hydrogen-bond acceptors (Lipinski definition) is 2. The summed E-state index contributed by atoms with van der Waals surface area (Å²) >= 11 is 0. The number of nitrogens with one attached hydrogen (secondary N) is 1. The van der Waals surface area contributed by atoms with E-state index in [0.717, 1.165) is 19.3 Å². The molecule has 2 aliphatic rings. The number of nitrogens with two attached hydrogens (primary N) is 1. The summed E-state index contributed by atoms with van der Waals surface area (Å²) in [5.74, 6) is 0.930. The van der Waals surface area contributed by atoms with E-state index < -0.39 is 0 Å². The van der Waals surface area contributed by atoms with Gasteiger partial charge in [-0.05, 0) is 38.0 Å². The smallest absolute Gasteiger partial charge is 0.226 e. The van der Waals surface area contributed by atoms with Gasteiger partial charge in [0.2, 0.25) is 5.91 Å². The van der Waals surface area contributed by atoms with E-state index >= 15 is 0 Å². The van der Waals surface area contributed by atoms with Crippen LogP contribution in [-0.2, 0) is 4.79 Å². The van der Waals surface area contributed by atoms with Crippen LogP contribution in [0.4, 0.5) is 0 Å². The van der Waals surface area contributed by atoms with Crippen LogP contribution in [0.1, 0.15) is 51.9 Å². The van der Waals surface area contributed by atoms with Gasteiger partial charge >= 0.3 is 0 Å². The molecule has 0 heterocycles. The quantitative estimate of drug-likeness (QED) is 0.748. The highest BCUT2D eigenvalue weighted by atomic mass is 16.2. The lowest BCUT2D eigenvalue weighted by Crippen LogP contribution is -2.48. The third-order valence-electron chi connectivity index (χ3n) is 4.48. The molecule has 2 aliphatic carbocycles. The molecule has 0 aromatic rings. The fourth-order valence-electron chi connectivity index (χ4n) is 2.98. The Balaban J connectivity index is 1.94. The lowest BCUT2D eigenvalue weighted by molar-refractivity contribution is -0.131. The number of carbonyl (C=O) groups excluding carboxylic acids is 1. The second-order valence-electron chi connectivity index (χ2n) is 5.49. The molecule has 0 bridgehead atoms. The molecule has 16 heavy (non-hydrogen) atoms. The minimum Gasteiger partial charge on any atom is -0.351 e. The van der Waals surface area contributed by atoms with Crippen molar-refractivity contribution in [1.29, 1.82) is 0 Å². The van der Waals surface area contributed by atoms with E-state index in [9.17, 15) is 4.79 Å². The molecule has 0 aromatic carbocycles. The summed E-state index contributed by atoms with van der Waals surface area (Å²) in [5, 5.41) is 3.20. The van der Waals surface area contributed by atoms with Crippen molar-refractivity contribution < 1.29 is 4.79 Å². The summed E-state index contributed by atoms with van der Waals surface area (Å²) in [4.78, 5) is 12.3. The standard InChI is InChI=1S/C13H24N2O/c1-2-13(7-3-4-8-13)12(16)15-11(9-14)10-5-6-10/h10-11H,2-9,14H2,1H3,(H,15,16). The van der Waals surface area contributed by atoms with Crippen LogP contribution in [-0.4, -0.2) is 18.5 Å². The van der Waals surface area contributed by atoms with Gasteiger partial charge in [-0.2, -0.15) is 0 Å². The van der Waals surface area contributed by atoms with Crippen molar-refractivity contribution in [3.05, 3.63) is 0 Å². The van der Waals surface area contributed by atoms with E-state index in [-0.39, 0.29) is 17.4 Å². The Morgan fingerprint density at radius 2 is 2.06 bits per heavy atom. The summed E-state index contributed by atoms with van der Waals surface area (Å²) in [7, 11) is 0. The summed E-state index contributed by atoms with van der Waals surface area (Å²) in [6.07, 6.45) is 7.99. The van der Waals surface area contributed by atoms with Crippen molar-refractivity contribution in [2.45, 2.75) is 57.9 Å². The van der Waals surface area contributed by atoms with Crippen LogP contribution in [0, 0.1) is 11.3 Å². The first-order valence-corrected chi connectivity index (χ1v) is 6.73. The number of carbonyl (C=O) groups is 1. The second-order valence-corrected chi connectivity index (χ2v) is 5.49. The average Bonchev–Trinajstić information content (AvgIpc) is 3.02. The number of rotatable bonds is 5. The Labute approximate surface area is 98.2 Å². The van der Waals surface area contributed by atoms with Gasteiger partial charge in [0.15, 0.2) is 0 Å². The lowest BCUT2D eigenvalue weighted by Gasteiger charge is -2.29. The first-order chi connectivity index (χ1) is 7.72. The first-order valence-electron chi connectivity index (χ1n) is 6.73. The maximum absolute atomic E-state index is 12.3. The van der Waals surface area contributed by atoms with E-state index in [1.807, 2.05) is 0 Å². The molecular formula is C13H24N2O. The van der Waals surface area contributed by atoms with Crippen molar-refractivity contribution in [2.75, 3.05) is 6.54 Å².